The Morgan fingerprint density at radius 1 is 0.957 bits per heavy atom. The van der Waals surface area contributed by atoms with Gasteiger partial charge in [-0.2, -0.15) is 0 Å². The number of nitrogens with zero attached hydrogens (tertiary/aromatic N) is 2. The van der Waals surface area contributed by atoms with Gasteiger partial charge in [-0.05, 0) is 52.0 Å². The molecule has 5 nitrogen and oxygen atoms in total. The lowest BCUT2D eigenvalue weighted by atomic mass is 9.81. The average molecular weight is 316 g/mol. The Bertz CT molecular complexity index is 673. The summed E-state index contributed by atoms with van der Waals surface area (Å²) in [7, 11) is -0.514. The number of hydrogen-bond acceptors (Lipinski definition) is 5. The Morgan fingerprint density at radius 2 is 1.48 bits per heavy atom. The highest BCUT2D eigenvalue weighted by Crippen LogP contribution is 2.36. The highest BCUT2D eigenvalue weighted by molar-refractivity contribution is 6.61. The molecule has 0 aliphatic carbocycles. The SMILES string of the molecule is CC1(C)OB(c2cnc(Oc3ccc(F)cc3)nc2)OC1(C)C. The van der Waals surface area contributed by atoms with E-state index < -0.39 is 18.3 Å². The van der Waals surface area contributed by atoms with Gasteiger partial charge in [0, 0.05) is 17.9 Å². The van der Waals surface area contributed by atoms with Gasteiger partial charge in [0.15, 0.2) is 0 Å². The molecule has 0 saturated carbocycles. The predicted octanol–water partition coefficient (Wildman–Crippen LogP) is 2.71. The summed E-state index contributed by atoms with van der Waals surface area (Å²) in [5, 5.41) is 0. The van der Waals surface area contributed by atoms with Crippen LogP contribution in [0.5, 0.6) is 11.8 Å². The second kappa shape index (κ2) is 5.58. The van der Waals surface area contributed by atoms with Crippen molar-refractivity contribution in [2.75, 3.05) is 0 Å². The van der Waals surface area contributed by atoms with Crippen LogP contribution in [0.3, 0.4) is 0 Å². The number of rotatable bonds is 3. The molecule has 0 N–H and O–H groups in total. The van der Waals surface area contributed by atoms with Crippen LogP contribution < -0.4 is 10.2 Å². The van der Waals surface area contributed by atoms with E-state index >= 15 is 0 Å². The van der Waals surface area contributed by atoms with E-state index in [0.717, 1.165) is 5.46 Å². The molecule has 1 aliphatic heterocycles. The van der Waals surface area contributed by atoms with Crippen LogP contribution in [-0.2, 0) is 9.31 Å². The van der Waals surface area contributed by atoms with Crippen LogP contribution in [0.15, 0.2) is 36.7 Å². The summed E-state index contributed by atoms with van der Waals surface area (Å²) in [6.07, 6.45) is 3.21. The molecule has 3 rings (SSSR count). The standard InChI is InChI=1S/C16H18BFN2O3/c1-15(2)16(3,4)23-17(22-15)11-9-19-14(20-10-11)21-13-7-5-12(18)6-8-13/h5-10H,1-4H3. The molecule has 1 aromatic carbocycles. The van der Waals surface area contributed by atoms with Crippen LogP contribution in [0.2, 0.25) is 0 Å². The fourth-order valence-electron chi connectivity index (χ4n) is 2.09. The first-order valence-electron chi connectivity index (χ1n) is 7.38. The van der Waals surface area contributed by atoms with Gasteiger partial charge in [-0.25, -0.2) is 14.4 Å². The third kappa shape index (κ3) is 3.21. The molecular weight excluding hydrogens is 298 g/mol. The fourth-order valence-corrected chi connectivity index (χ4v) is 2.09. The summed E-state index contributed by atoms with van der Waals surface area (Å²) in [6.45, 7) is 7.94. The van der Waals surface area contributed by atoms with Crippen LogP contribution in [0, 0.1) is 5.82 Å². The van der Waals surface area contributed by atoms with Crippen molar-refractivity contribution >= 4 is 12.6 Å². The third-order valence-corrected chi connectivity index (χ3v) is 4.20. The van der Waals surface area contributed by atoms with Gasteiger partial charge in [0.2, 0.25) is 0 Å². The van der Waals surface area contributed by atoms with Gasteiger partial charge in [0.05, 0.1) is 11.2 Å². The highest BCUT2D eigenvalue weighted by atomic mass is 19.1. The second-order valence-corrected chi connectivity index (χ2v) is 6.44. The maximum Gasteiger partial charge on any atom is 0.498 e. The largest absolute Gasteiger partial charge is 0.498 e. The lowest BCUT2D eigenvalue weighted by Gasteiger charge is -2.32. The molecule has 1 aliphatic rings. The van der Waals surface area contributed by atoms with Gasteiger partial charge < -0.3 is 14.0 Å². The van der Waals surface area contributed by atoms with Crippen LogP contribution in [0.25, 0.3) is 0 Å². The van der Waals surface area contributed by atoms with Crippen LogP contribution in [0.1, 0.15) is 27.7 Å². The minimum atomic E-state index is -0.514. The molecule has 1 fully saturated rings. The van der Waals surface area contributed by atoms with E-state index in [0.29, 0.717) is 5.75 Å². The second-order valence-electron chi connectivity index (χ2n) is 6.44. The first-order valence-corrected chi connectivity index (χ1v) is 7.38. The molecule has 0 unspecified atom stereocenters. The number of halogens is 1. The molecule has 1 aromatic heterocycles. The Balaban J connectivity index is 1.72. The summed E-state index contributed by atoms with van der Waals surface area (Å²) < 4.78 is 30.2. The molecular formula is C16H18BFN2O3. The number of hydrogen-bond donors (Lipinski definition) is 0. The van der Waals surface area contributed by atoms with E-state index in [1.165, 1.54) is 24.3 Å². The van der Waals surface area contributed by atoms with Crippen molar-refractivity contribution in [3.63, 3.8) is 0 Å². The topological polar surface area (TPSA) is 53.5 Å². The first-order chi connectivity index (χ1) is 10.8. The van der Waals surface area contributed by atoms with E-state index in [-0.39, 0.29) is 11.8 Å². The summed E-state index contributed by atoms with van der Waals surface area (Å²) in [4.78, 5) is 8.30. The molecule has 2 aromatic rings. The van der Waals surface area contributed by atoms with Crippen molar-refractivity contribution in [2.24, 2.45) is 0 Å². The van der Waals surface area contributed by atoms with Gasteiger partial charge in [0.25, 0.3) is 0 Å². The van der Waals surface area contributed by atoms with Gasteiger partial charge in [0.1, 0.15) is 11.6 Å². The minimum Gasteiger partial charge on any atom is -0.424 e. The maximum atomic E-state index is 12.9. The molecule has 7 heteroatoms. The van der Waals surface area contributed by atoms with Gasteiger partial charge in [-0.15, -0.1) is 0 Å². The minimum absolute atomic E-state index is 0.178. The quantitative estimate of drug-likeness (QED) is 0.815. The highest BCUT2D eigenvalue weighted by Gasteiger charge is 2.51. The summed E-state index contributed by atoms with van der Waals surface area (Å²) in [6, 6.07) is 5.83. The molecule has 120 valence electrons. The van der Waals surface area contributed by atoms with Gasteiger partial charge >= 0.3 is 13.1 Å². The summed E-state index contributed by atoms with van der Waals surface area (Å²) in [5.74, 6) is 0.143. The van der Waals surface area contributed by atoms with Crippen LogP contribution >= 0.6 is 0 Å². The van der Waals surface area contributed by atoms with Crippen LogP contribution in [-0.4, -0.2) is 28.3 Å². The molecule has 0 amide bonds. The smallest absolute Gasteiger partial charge is 0.424 e. The fraction of sp³-hybridized carbons (Fsp3) is 0.375. The van der Waals surface area contributed by atoms with Crippen molar-refractivity contribution in [2.45, 2.75) is 38.9 Å². The van der Waals surface area contributed by atoms with Crippen molar-refractivity contribution in [1.29, 1.82) is 0 Å². The summed E-state index contributed by atoms with van der Waals surface area (Å²) in [5.41, 5.74) is -0.114. The Hall–Kier alpha value is -1.99. The number of benzene rings is 1. The first kappa shape index (κ1) is 15.9. The molecule has 0 atom stereocenters. The van der Waals surface area contributed by atoms with Gasteiger partial charge in [-0.3, -0.25) is 0 Å². The Kier molecular flexibility index (Phi) is 3.86. The van der Waals surface area contributed by atoms with E-state index in [4.69, 9.17) is 14.0 Å². The number of ether oxygens (including phenoxy) is 1. The summed E-state index contributed by atoms with van der Waals surface area (Å²) >= 11 is 0. The molecule has 0 spiro atoms. The lowest BCUT2D eigenvalue weighted by molar-refractivity contribution is 0.00578. The zero-order valence-corrected chi connectivity index (χ0v) is 13.5. The monoisotopic (exact) mass is 316 g/mol. The van der Waals surface area contributed by atoms with E-state index in [1.807, 2.05) is 27.7 Å². The Labute approximate surface area is 135 Å². The zero-order valence-electron chi connectivity index (χ0n) is 13.5. The van der Waals surface area contributed by atoms with Gasteiger partial charge in [-0.1, -0.05) is 0 Å². The van der Waals surface area contributed by atoms with Crippen molar-refractivity contribution < 1.29 is 18.4 Å². The van der Waals surface area contributed by atoms with E-state index in [9.17, 15) is 4.39 Å². The average Bonchev–Trinajstić information content (AvgIpc) is 2.71. The molecule has 2 heterocycles. The number of aromatic nitrogens is 2. The normalized spacial score (nSPS) is 18.9. The zero-order chi connectivity index (χ0) is 16.7. The van der Waals surface area contributed by atoms with Crippen molar-refractivity contribution in [3.8, 4) is 11.8 Å². The molecule has 1 saturated heterocycles. The van der Waals surface area contributed by atoms with E-state index in [1.54, 1.807) is 12.4 Å². The van der Waals surface area contributed by atoms with Crippen molar-refractivity contribution in [3.05, 3.63) is 42.5 Å². The van der Waals surface area contributed by atoms with Crippen LogP contribution in [0.4, 0.5) is 4.39 Å². The molecule has 0 bridgehead atoms. The van der Waals surface area contributed by atoms with Crippen molar-refractivity contribution in [1.82, 2.24) is 9.97 Å². The molecule has 0 radical (unpaired) electrons. The molecule has 23 heavy (non-hydrogen) atoms. The maximum absolute atomic E-state index is 12.9. The predicted molar refractivity (Wildman–Crippen MR) is 84.2 cm³/mol. The third-order valence-electron chi connectivity index (χ3n) is 4.20. The van der Waals surface area contributed by atoms with E-state index in [2.05, 4.69) is 9.97 Å². The Morgan fingerprint density at radius 3 is 2.00 bits per heavy atom. The lowest BCUT2D eigenvalue weighted by Crippen LogP contribution is -2.41.